The summed E-state index contributed by atoms with van der Waals surface area (Å²) in [5.41, 5.74) is 6.71. The highest BCUT2D eigenvalue weighted by Gasteiger charge is 2.14. The SMILES string of the molecule is CB(O)O.CCOC(=O)c1cnc(C)cc1NC.CCOC(=O)c1cnc(Cl)cc1Cl.CCOC(=O)c1cnc(Cl)cc1NC.CNc1cc(C)ncc1C. The van der Waals surface area contributed by atoms with Gasteiger partial charge in [0.1, 0.15) is 21.4 Å². The highest BCUT2D eigenvalue weighted by Crippen LogP contribution is 2.20. The Morgan fingerprint density at radius 1 is 0.600 bits per heavy atom. The molecule has 0 bridgehead atoms. The van der Waals surface area contributed by atoms with Crippen LogP contribution in [0.25, 0.3) is 0 Å². The Hall–Kier alpha value is -4.74. The molecule has 0 saturated heterocycles. The second-order valence-corrected chi connectivity index (χ2v) is 11.8. The second-order valence-electron chi connectivity index (χ2n) is 10.6. The van der Waals surface area contributed by atoms with Gasteiger partial charge < -0.3 is 40.2 Å². The van der Waals surface area contributed by atoms with Crippen molar-refractivity contribution in [3.63, 3.8) is 0 Å². The topological polar surface area (TPSA) is 207 Å². The van der Waals surface area contributed by atoms with Crippen LogP contribution in [0.2, 0.25) is 22.2 Å². The molecule has 0 aliphatic rings. The molecule has 4 rings (SSSR count). The molecule has 0 aromatic carbocycles. The Balaban J connectivity index is 0.000000688. The molecule has 0 aliphatic carbocycles. The number of ether oxygens (including phenoxy) is 3. The Morgan fingerprint density at radius 2 is 0.945 bits per heavy atom. The molecule has 15 nitrogen and oxygen atoms in total. The van der Waals surface area contributed by atoms with Crippen LogP contribution < -0.4 is 16.0 Å². The molecule has 55 heavy (non-hydrogen) atoms. The first-order valence-corrected chi connectivity index (χ1v) is 17.9. The van der Waals surface area contributed by atoms with Crippen LogP contribution in [0.5, 0.6) is 0 Å². The van der Waals surface area contributed by atoms with E-state index in [1.807, 2.05) is 46.1 Å². The van der Waals surface area contributed by atoms with Gasteiger partial charge in [-0.25, -0.2) is 24.4 Å². The lowest BCUT2D eigenvalue weighted by molar-refractivity contribution is 0.0516. The summed E-state index contributed by atoms with van der Waals surface area (Å²) in [6, 6.07) is 6.82. The lowest BCUT2D eigenvalue weighted by Crippen LogP contribution is -2.09. The van der Waals surface area contributed by atoms with Gasteiger partial charge >= 0.3 is 25.0 Å². The summed E-state index contributed by atoms with van der Waals surface area (Å²) in [4.78, 5) is 49.7. The first kappa shape index (κ1) is 50.3. The lowest BCUT2D eigenvalue weighted by atomic mass is 9.99. The standard InChI is InChI=1S/C10H14N2O2.C9H11ClN2O2.C8H7Cl2NO2.C8H12N2.CH5BO2/c1-4-14-10(13)8-6-12-7(2)5-9(8)11-3;1-3-14-9(13)6-5-12-8(10)4-7(6)11-2;1-2-13-8(12)5-4-11-7(10)3-6(5)9;1-6-5-10-7(2)4-8(6)9-3;1-2(3)4/h5-6H,4H2,1-3H3,(H,11,12);4-5H,3H2,1-2H3,(H,11,12);3-4H,2H2,1H3;4-5H,1-3H3,(H,9,10);3-4H,1H3. The maximum atomic E-state index is 11.4. The van der Waals surface area contributed by atoms with Gasteiger partial charge in [0, 0.05) is 63.0 Å². The molecule has 4 aromatic heterocycles. The molecule has 0 fully saturated rings. The van der Waals surface area contributed by atoms with E-state index in [2.05, 4.69) is 35.9 Å². The van der Waals surface area contributed by atoms with Gasteiger partial charge in [0.15, 0.2) is 0 Å². The van der Waals surface area contributed by atoms with E-state index in [-0.39, 0.29) is 21.7 Å². The van der Waals surface area contributed by atoms with E-state index in [9.17, 15) is 14.4 Å². The normalized spacial score (nSPS) is 9.44. The third kappa shape index (κ3) is 20.0. The van der Waals surface area contributed by atoms with Gasteiger partial charge in [-0.15, -0.1) is 0 Å². The monoisotopic (exact) mass is 823 g/mol. The number of esters is 3. The van der Waals surface area contributed by atoms with E-state index in [1.54, 1.807) is 40.9 Å². The number of pyridine rings is 4. The number of anilines is 3. The van der Waals surface area contributed by atoms with Gasteiger partial charge in [0.2, 0.25) is 0 Å². The Morgan fingerprint density at radius 3 is 1.35 bits per heavy atom. The van der Waals surface area contributed by atoms with E-state index in [0.717, 1.165) is 22.8 Å². The van der Waals surface area contributed by atoms with Crippen LogP contribution >= 0.6 is 34.8 Å². The van der Waals surface area contributed by atoms with Gasteiger partial charge in [-0.2, -0.15) is 0 Å². The fourth-order valence-electron chi connectivity index (χ4n) is 3.81. The average molecular weight is 825 g/mol. The van der Waals surface area contributed by atoms with Crippen LogP contribution in [0, 0.1) is 20.8 Å². The number of aryl methyl sites for hydroxylation is 3. The molecule has 300 valence electrons. The van der Waals surface area contributed by atoms with Crippen molar-refractivity contribution in [1.82, 2.24) is 19.9 Å². The van der Waals surface area contributed by atoms with E-state index in [4.69, 9.17) is 59.1 Å². The summed E-state index contributed by atoms with van der Waals surface area (Å²) in [6.45, 7) is 13.4. The summed E-state index contributed by atoms with van der Waals surface area (Å²) in [5.74, 6) is -1.23. The maximum Gasteiger partial charge on any atom is 0.448 e. The number of rotatable bonds is 9. The number of nitrogens with zero attached hydrogens (tertiary/aromatic N) is 4. The average Bonchev–Trinajstić information content (AvgIpc) is 3.13. The van der Waals surface area contributed by atoms with Gasteiger partial charge in [-0.1, -0.05) is 34.8 Å². The Kier molecular flexibility index (Phi) is 25.4. The summed E-state index contributed by atoms with van der Waals surface area (Å²) in [7, 11) is 4.22. The number of hydrogen-bond acceptors (Lipinski definition) is 15. The highest BCUT2D eigenvalue weighted by atomic mass is 35.5. The van der Waals surface area contributed by atoms with E-state index in [1.165, 1.54) is 37.0 Å². The van der Waals surface area contributed by atoms with E-state index in [0.29, 0.717) is 41.8 Å². The number of aromatic nitrogens is 4. The van der Waals surface area contributed by atoms with Crippen molar-refractivity contribution in [2.45, 2.75) is 48.4 Å². The molecule has 4 heterocycles. The zero-order valence-electron chi connectivity index (χ0n) is 32.6. The summed E-state index contributed by atoms with van der Waals surface area (Å²) >= 11 is 17.0. The van der Waals surface area contributed by atoms with Gasteiger partial charge in [0.05, 0.1) is 41.8 Å². The number of hydrogen-bond donors (Lipinski definition) is 5. The number of nitrogens with one attached hydrogen (secondary N) is 3. The molecule has 19 heteroatoms. The van der Waals surface area contributed by atoms with E-state index >= 15 is 0 Å². The van der Waals surface area contributed by atoms with Gasteiger partial charge in [0.25, 0.3) is 0 Å². The molecule has 0 amide bonds. The minimum absolute atomic E-state index is 0.230. The molecule has 5 N–H and O–H groups in total. The van der Waals surface area contributed by atoms with Crippen LogP contribution in [0.3, 0.4) is 0 Å². The number of halogens is 3. The molecule has 0 atom stereocenters. The van der Waals surface area contributed by atoms with Crippen LogP contribution in [0.4, 0.5) is 17.1 Å². The maximum absolute atomic E-state index is 11.4. The van der Waals surface area contributed by atoms with Crippen molar-refractivity contribution >= 4 is 76.9 Å². The molecule has 0 aliphatic heterocycles. The fourth-order valence-corrected chi connectivity index (χ4v) is 4.41. The van der Waals surface area contributed by atoms with Gasteiger partial charge in [-0.05, 0) is 78.2 Å². The van der Waals surface area contributed by atoms with Crippen LogP contribution in [-0.4, -0.2) is 96.0 Å². The third-order valence-corrected chi connectivity index (χ3v) is 6.99. The Labute approximate surface area is 337 Å². The minimum Gasteiger partial charge on any atom is -0.462 e. The number of carbonyl (C=O) groups excluding carboxylic acids is 3. The van der Waals surface area contributed by atoms with Crippen molar-refractivity contribution in [1.29, 1.82) is 0 Å². The van der Waals surface area contributed by atoms with Crippen molar-refractivity contribution in [2.24, 2.45) is 0 Å². The molecule has 0 unspecified atom stereocenters. The smallest absolute Gasteiger partial charge is 0.448 e. The summed E-state index contributed by atoms with van der Waals surface area (Å²) < 4.78 is 14.5. The quantitative estimate of drug-likeness (QED) is 0.0501. The van der Waals surface area contributed by atoms with Crippen LogP contribution in [-0.2, 0) is 14.2 Å². The predicted molar refractivity (Wildman–Crippen MR) is 219 cm³/mol. The summed E-state index contributed by atoms with van der Waals surface area (Å²) in [6.07, 6.45) is 6.09. The summed E-state index contributed by atoms with van der Waals surface area (Å²) in [5, 5.41) is 24.9. The number of carbonyl (C=O) groups is 3. The van der Waals surface area contributed by atoms with E-state index < -0.39 is 19.1 Å². The molecule has 4 aromatic rings. The minimum atomic E-state index is -1.17. The molecular weight excluding hydrogens is 776 g/mol. The third-order valence-electron chi connectivity index (χ3n) is 6.27. The van der Waals surface area contributed by atoms with Crippen molar-refractivity contribution in [3.05, 3.63) is 98.0 Å². The zero-order chi connectivity index (χ0) is 42.1. The first-order chi connectivity index (χ1) is 26.0. The van der Waals surface area contributed by atoms with Gasteiger partial charge in [-0.3, -0.25) is 9.97 Å². The molecule has 0 saturated carbocycles. The molecule has 0 radical (unpaired) electrons. The molecule has 0 spiro atoms. The van der Waals surface area contributed by atoms with Crippen molar-refractivity contribution < 1.29 is 38.6 Å². The zero-order valence-corrected chi connectivity index (χ0v) is 34.9. The molecular formula is C36H49BCl3N7O8. The predicted octanol–water partition coefficient (Wildman–Crippen LogP) is 6.96. The van der Waals surface area contributed by atoms with Crippen molar-refractivity contribution in [2.75, 3.05) is 56.9 Å². The van der Waals surface area contributed by atoms with Crippen molar-refractivity contribution in [3.8, 4) is 0 Å². The largest absolute Gasteiger partial charge is 0.462 e. The van der Waals surface area contributed by atoms with Crippen LogP contribution in [0.15, 0.2) is 49.1 Å². The second kappa shape index (κ2) is 27.8. The Bertz CT molecular complexity index is 1740. The highest BCUT2D eigenvalue weighted by molar-refractivity contribution is 6.39. The van der Waals surface area contributed by atoms with Crippen LogP contribution in [0.1, 0.15) is 68.8 Å². The first-order valence-electron chi connectivity index (χ1n) is 16.8. The lowest BCUT2D eigenvalue weighted by Gasteiger charge is -2.08. The fraction of sp³-hybridized carbons (Fsp3) is 0.361.